The van der Waals surface area contributed by atoms with Crippen molar-refractivity contribution in [1.82, 2.24) is 4.57 Å². The fourth-order valence-corrected chi connectivity index (χ4v) is 2.43. The topological polar surface area (TPSA) is 51.5 Å². The highest BCUT2D eigenvalue weighted by Crippen LogP contribution is 2.35. The summed E-state index contributed by atoms with van der Waals surface area (Å²) in [5.74, 6) is -0.151. The molecule has 0 aliphatic rings. The zero-order valence-electron chi connectivity index (χ0n) is 15.0. The van der Waals surface area contributed by atoms with E-state index in [-0.39, 0.29) is 11.3 Å². The Bertz CT molecular complexity index is 805. The molecule has 0 aliphatic carbocycles. The minimum atomic E-state index is -0.667. The van der Waals surface area contributed by atoms with Crippen LogP contribution in [0.15, 0.2) is 24.3 Å². The average molecular weight is 350 g/mol. The Morgan fingerprint density at radius 1 is 1.21 bits per heavy atom. The molecular weight excluding hydrogens is 326 g/mol. The van der Waals surface area contributed by atoms with E-state index in [1.165, 1.54) is 0 Å². The van der Waals surface area contributed by atoms with Crippen LogP contribution in [0.25, 0.3) is 17.0 Å². The number of rotatable bonds is 1. The van der Waals surface area contributed by atoms with Gasteiger partial charge in [0.05, 0.1) is 5.52 Å². The zero-order valence-corrected chi connectivity index (χ0v) is 15.7. The molecule has 1 N–H and O–H groups in total. The second-order valence-electron chi connectivity index (χ2n) is 7.91. The van der Waals surface area contributed by atoms with E-state index in [9.17, 15) is 9.90 Å². The molecule has 0 fully saturated rings. The molecule has 1 heterocycles. The number of hydrogen-bond donors (Lipinski definition) is 1. The average Bonchev–Trinajstić information content (AvgIpc) is 2.64. The third kappa shape index (κ3) is 4.12. The summed E-state index contributed by atoms with van der Waals surface area (Å²) in [5, 5.41) is 11.9. The van der Waals surface area contributed by atoms with Gasteiger partial charge in [-0.1, -0.05) is 50.6 Å². The first kappa shape index (κ1) is 18.4. The lowest BCUT2D eigenvalue weighted by atomic mass is 9.95. The highest BCUT2D eigenvalue weighted by Gasteiger charge is 2.25. The minimum Gasteiger partial charge on any atom is -0.494 e. The summed E-state index contributed by atoms with van der Waals surface area (Å²) in [7, 11) is 0. The minimum absolute atomic E-state index is 0.0563. The first-order chi connectivity index (χ1) is 10.9. The van der Waals surface area contributed by atoms with Crippen molar-refractivity contribution >= 4 is 34.7 Å². The number of nitrogens with zero attached hydrogens (tertiary/aromatic N) is 1. The molecule has 0 unspecified atom stereocenters. The van der Waals surface area contributed by atoms with Crippen molar-refractivity contribution in [3.8, 4) is 5.88 Å². The Kier molecular flexibility index (Phi) is 4.73. The van der Waals surface area contributed by atoms with Crippen molar-refractivity contribution in [2.45, 2.75) is 47.1 Å². The number of halogens is 1. The Balaban J connectivity index is 2.67. The van der Waals surface area contributed by atoms with Crippen molar-refractivity contribution in [1.29, 1.82) is 0 Å². The number of hydrogen-bond acceptors (Lipinski definition) is 3. The molecule has 1 aromatic carbocycles. The summed E-state index contributed by atoms with van der Waals surface area (Å²) < 4.78 is 6.57. The van der Waals surface area contributed by atoms with E-state index < -0.39 is 11.7 Å². The van der Waals surface area contributed by atoms with E-state index in [0.717, 1.165) is 9.95 Å². The van der Waals surface area contributed by atoms with Gasteiger partial charge in [0.1, 0.15) is 5.60 Å². The van der Waals surface area contributed by atoms with Crippen LogP contribution < -0.4 is 0 Å². The molecule has 4 nitrogen and oxygen atoms in total. The monoisotopic (exact) mass is 349 g/mol. The number of benzene rings is 1. The number of aromatic hydroxyl groups is 1. The number of fused-ring (bicyclic) bond motifs is 1. The van der Waals surface area contributed by atoms with Gasteiger partial charge >= 0.3 is 6.09 Å². The summed E-state index contributed by atoms with van der Waals surface area (Å²) in [6.07, 6.45) is 3.17. The van der Waals surface area contributed by atoms with E-state index in [2.05, 4.69) is 20.8 Å². The molecule has 0 spiro atoms. The lowest BCUT2D eigenvalue weighted by Crippen LogP contribution is -2.26. The van der Waals surface area contributed by atoms with Gasteiger partial charge in [-0.3, -0.25) is 0 Å². The fourth-order valence-electron chi connectivity index (χ4n) is 2.26. The second-order valence-corrected chi connectivity index (χ2v) is 8.35. The molecule has 2 aromatic rings. The van der Waals surface area contributed by atoms with Gasteiger partial charge < -0.3 is 9.84 Å². The number of carbonyl (C=O) groups excluding carboxylic acids is 1. The maximum atomic E-state index is 12.5. The highest BCUT2D eigenvalue weighted by molar-refractivity contribution is 6.31. The Labute approximate surface area is 147 Å². The molecule has 0 atom stereocenters. The molecule has 130 valence electrons. The maximum absolute atomic E-state index is 12.5. The summed E-state index contributed by atoms with van der Waals surface area (Å²) in [6.45, 7) is 11.5. The molecule has 0 saturated carbocycles. The Morgan fingerprint density at radius 3 is 2.38 bits per heavy atom. The molecular formula is C19H24ClNO3. The van der Waals surface area contributed by atoms with Gasteiger partial charge in [0, 0.05) is 16.0 Å². The van der Waals surface area contributed by atoms with Crippen LogP contribution in [0, 0.1) is 5.41 Å². The first-order valence-electron chi connectivity index (χ1n) is 7.84. The Hall–Kier alpha value is -1.94. The third-order valence-electron chi connectivity index (χ3n) is 3.27. The van der Waals surface area contributed by atoms with Gasteiger partial charge in [0.2, 0.25) is 5.88 Å². The number of carbonyl (C=O) groups is 1. The molecule has 0 aliphatic heterocycles. The van der Waals surface area contributed by atoms with Crippen LogP contribution >= 0.6 is 11.6 Å². The molecule has 0 radical (unpaired) electrons. The lowest BCUT2D eigenvalue weighted by molar-refractivity contribution is 0.0533. The van der Waals surface area contributed by atoms with Crippen molar-refractivity contribution in [2.75, 3.05) is 0 Å². The number of ether oxygens (including phenoxy) is 1. The van der Waals surface area contributed by atoms with E-state index in [4.69, 9.17) is 16.3 Å². The van der Waals surface area contributed by atoms with Crippen molar-refractivity contribution in [3.05, 3.63) is 34.9 Å². The predicted molar refractivity (Wildman–Crippen MR) is 98.7 cm³/mol. The van der Waals surface area contributed by atoms with Gasteiger partial charge in [-0.15, -0.1) is 0 Å². The number of aromatic nitrogens is 1. The van der Waals surface area contributed by atoms with Crippen LogP contribution in [0.5, 0.6) is 5.88 Å². The smallest absolute Gasteiger partial charge is 0.421 e. The van der Waals surface area contributed by atoms with Gasteiger partial charge in [0.25, 0.3) is 0 Å². The number of allylic oxidation sites excluding steroid dienone is 1. The molecule has 0 amide bonds. The van der Waals surface area contributed by atoms with Gasteiger partial charge in [-0.2, -0.15) is 0 Å². The lowest BCUT2D eigenvalue weighted by Gasteiger charge is -2.20. The highest BCUT2D eigenvalue weighted by atomic mass is 35.5. The molecule has 0 bridgehead atoms. The molecule has 0 saturated heterocycles. The van der Waals surface area contributed by atoms with E-state index in [1.807, 2.05) is 12.2 Å². The molecule has 5 heteroatoms. The van der Waals surface area contributed by atoms with Crippen molar-refractivity contribution < 1.29 is 14.6 Å². The van der Waals surface area contributed by atoms with Crippen LogP contribution in [0.2, 0.25) is 5.02 Å². The van der Waals surface area contributed by atoms with Crippen LogP contribution in [-0.4, -0.2) is 21.4 Å². The van der Waals surface area contributed by atoms with Gasteiger partial charge in [-0.05, 0) is 38.3 Å². The van der Waals surface area contributed by atoms with Crippen LogP contribution in [-0.2, 0) is 4.74 Å². The molecule has 2 rings (SSSR count). The largest absolute Gasteiger partial charge is 0.494 e. The van der Waals surface area contributed by atoms with Crippen LogP contribution in [0.1, 0.15) is 47.1 Å². The van der Waals surface area contributed by atoms with Crippen LogP contribution in [0.4, 0.5) is 4.79 Å². The van der Waals surface area contributed by atoms with E-state index in [0.29, 0.717) is 16.1 Å². The summed E-state index contributed by atoms with van der Waals surface area (Å²) in [4.78, 5) is 12.5. The van der Waals surface area contributed by atoms with Crippen LogP contribution in [0.3, 0.4) is 0 Å². The van der Waals surface area contributed by atoms with E-state index >= 15 is 0 Å². The van der Waals surface area contributed by atoms with Crippen molar-refractivity contribution in [2.24, 2.45) is 5.41 Å². The summed E-state index contributed by atoms with van der Waals surface area (Å²) >= 11 is 6.07. The molecule has 1 aromatic heterocycles. The SMILES string of the molecule is CC(C)(C)/C=C/c1c(O)n(C(=O)OC(C)(C)C)c2cc(Cl)ccc12. The third-order valence-corrected chi connectivity index (χ3v) is 3.50. The molecule has 24 heavy (non-hydrogen) atoms. The van der Waals surface area contributed by atoms with Gasteiger partial charge in [0.15, 0.2) is 0 Å². The quantitative estimate of drug-likeness (QED) is 0.703. The first-order valence-corrected chi connectivity index (χ1v) is 8.22. The zero-order chi connectivity index (χ0) is 18.3. The second kappa shape index (κ2) is 6.17. The summed E-state index contributed by atoms with van der Waals surface area (Å²) in [6, 6.07) is 5.17. The van der Waals surface area contributed by atoms with Gasteiger partial charge in [-0.25, -0.2) is 9.36 Å². The normalized spacial score (nSPS) is 13.0. The maximum Gasteiger partial charge on any atom is 0.421 e. The summed E-state index contributed by atoms with van der Waals surface area (Å²) in [5.41, 5.74) is 0.365. The Morgan fingerprint density at radius 2 is 1.83 bits per heavy atom. The fraction of sp³-hybridized carbons (Fsp3) is 0.421. The standard InChI is InChI=1S/C19H24ClNO3/c1-18(2,3)10-9-14-13-8-7-12(20)11-15(13)21(16(14)22)17(23)24-19(4,5)6/h7-11,22H,1-6H3/b10-9+. The predicted octanol–water partition coefficient (Wildman–Crippen LogP) is 5.84. The van der Waals surface area contributed by atoms with Crippen molar-refractivity contribution in [3.63, 3.8) is 0 Å². The van der Waals surface area contributed by atoms with E-state index in [1.54, 1.807) is 39.0 Å².